The van der Waals surface area contributed by atoms with Crippen LogP contribution in [-0.4, -0.2) is 10.9 Å². The molecule has 0 radical (unpaired) electrons. The summed E-state index contributed by atoms with van der Waals surface area (Å²) in [5.41, 5.74) is 6.49. The number of carbonyl (C=O) groups excluding carboxylic acids is 1. The third-order valence-electron chi connectivity index (χ3n) is 2.28. The van der Waals surface area contributed by atoms with E-state index in [1.165, 1.54) is 18.3 Å². The van der Waals surface area contributed by atoms with Gasteiger partial charge in [-0.15, -0.1) is 0 Å². The molecule has 1 aromatic carbocycles. The molecule has 0 spiro atoms. The largest absolute Gasteiger partial charge is 0.398 e. The molecule has 92 valence electrons. The zero-order chi connectivity index (χ0) is 13.1. The number of pyridine rings is 1. The van der Waals surface area contributed by atoms with Gasteiger partial charge in [-0.2, -0.15) is 0 Å². The van der Waals surface area contributed by atoms with Crippen LogP contribution in [0.15, 0.2) is 41.1 Å². The molecule has 0 atom stereocenters. The maximum Gasteiger partial charge on any atom is 0.257 e. The number of anilines is 2. The van der Waals surface area contributed by atoms with Crippen LogP contribution in [0.25, 0.3) is 0 Å². The first-order chi connectivity index (χ1) is 8.58. The van der Waals surface area contributed by atoms with Gasteiger partial charge in [-0.05, 0) is 40.2 Å². The van der Waals surface area contributed by atoms with E-state index in [2.05, 4.69) is 26.2 Å². The molecule has 0 fully saturated rings. The van der Waals surface area contributed by atoms with Gasteiger partial charge in [0.1, 0.15) is 5.82 Å². The van der Waals surface area contributed by atoms with E-state index in [9.17, 15) is 9.18 Å². The van der Waals surface area contributed by atoms with Crippen molar-refractivity contribution < 1.29 is 9.18 Å². The van der Waals surface area contributed by atoms with Crippen LogP contribution in [0.3, 0.4) is 0 Å². The highest BCUT2D eigenvalue weighted by Gasteiger charge is 2.12. The molecular weight excluding hydrogens is 301 g/mol. The maximum absolute atomic E-state index is 13.1. The molecule has 0 unspecified atom stereocenters. The second-order valence-corrected chi connectivity index (χ2v) is 4.40. The van der Waals surface area contributed by atoms with E-state index >= 15 is 0 Å². The summed E-state index contributed by atoms with van der Waals surface area (Å²) < 4.78 is 13.7. The Hall–Kier alpha value is -1.95. The summed E-state index contributed by atoms with van der Waals surface area (Å²) in [7, 11) is 0. The number of benzene rings is 1. The highest BCUT2D eigenvalue weighted by molar-refractivity contribution is 9.10. The minimum Gasteiger partial charge on any atom is -0.398 e. The summed E-state index contributed by atoms with van der Waals surface area (Å²) in [6, 6.07) is 5.28. The van der Waals surface area contributed by atoms with Gasteiger partial charge in [-0.1, -0.05) is 0 Å². The molecule has 4 nitrogen and oxygen atoms in total. The van der Waals surface area contributed by atoms with Crippen LogP contribution in [0.5, 0.6) is 0 Å². The topological polar surface area (TPSA) is 68.0 Å². The summed E-state index contributed by atoms with van der Waals surface area (Å²) in [6.45, 7) is 0. The van der Waals surface area contributed by atoms with Gasteiger partial charge in [-0.3, -0.25) is 9.78 Å². The highest BCUT2D eigenvalue weighted by Crippen LogP contribution is 2.22. The Kier molecular flexibility index (Phi) is 3.57. The highest BCUT2D eigenvalue weighted by atomic mass is 79.9. The first-order valence-corrected chi connectivity index (χ1v) is 5.83. The lowest BCUT2D eigenvalue weighted by Crippen LogP contribution is -2.14. The van der Waals surface area contributed by atoms with Gasteiger partial charge in [0.25, 0.3) is 5.91 Å². The zero-order valence-corrected chi connectivity index (χ0v) is 10.7. The van der Waals surface area contributed by atoms with E-state index in [1.807, 2.05) is 0 Å². The number of carbonyl (C=O) groups is 1. The Morgan fingerprint density at radius 2 is 2.17 bits per heavy atom. The van der Waals surface area contributed by atoms with Crippen molar-refractivity contribution in [2.45, 2.75) is 0 Å². The molecule has 6 heteroatoms. The van der Waals surface area contributed by atoms with Crippen LogP contribution in [0.1, 0.15) is 10.4 Å². The van der Waals surface area contributed by atoms with Gasteiger partial charge in [0.15, 0.2) is 0 Å². The van der Waals surface area contributed by atoms with E-state index in [1.54, 1.807) is 12.3 Å². The second-order valence-electron chi connectivity index (χ2n) is 3.54. The molecule has 0 saturated heterocycles. The molecule has 1 amide bonds. The first-order valence-electron chi connectivity index (χ1n) is 5.04. The molecule has 2 aromatic rings. The van der Waals surface area contributed by atoms with Crippen LogP contribution in [0, 0.1) is 5.82 Å². The predicted molar refractivity (Wildman–Crippen MR) is 70.7 cm³/mol. The Morgan fingerprint density at radius 3 is 2.89 bits per heavy atom. The predicted octanol–water partition coefficient (Wildman–Crippen LogP) is 2.82. The summed E-state index contributed by atoms with van der Waals surface area (Å²) in [5, 5.41) is 2.62. The smallest absolute Gasteiger partial charge is 0.257 e. The fraction of sp³-hybridized carbons (Fsp3) is 0. The number of halogens is 2. The molecule has 2 rings (SSSR count). The second kappa shape index (κ2) is 5.14. The van der Waals surface area contributed by atoms with Crippen LogP contribution >= 0.6 is 15.9 Å². The third-order valence-corrected chi connectivity index (χ3v) is 2.91. The van der Waals surface area contributed by atoms with Crippen LogP contribution in [0.2, 0.25) is 0 Å². The molecule has 0 aliphatic carbocycles. The van der Waals surface area contributed by atoms with E-state index in [-0.39, 0.29) is 11.3 Å². The zero-order valence-electron chi connectivity index (χ0n) is 9.15. The Labute approximate surface area is 111 Å². The maximum atomic E-state index is 13.1. The van der Waals surface area contributed by atoms with Crippen LogP contribution in [0.4, 0.5) is 15.8 Å². The van der Waals surface area contributed by atoms with Gasteiger partial charge in [0.05, 0.1) is 15.7 Å². The number of nitrogens with two attached hydrogens (primary N) is 1. The minimum absolute atomic E-state index is 0.0960. The summed E-state index contributed by atoms with van der Waals surface area (Å²) in [6.07, 6.45) is 3.08. The fourth-order valence-electron chi connectivity index (χ4n) is 1.39. The SMILES string of the molecule is Nc1ccc(F)cc1C(=O)Nc1ccncc1Br. The van der Waals surface area contributed by atoms with Crippen molar-refractivity contribution in [2.24, 2.45) is 0 Å². The van der Waals surface area contributed by atoms with E-state index < -0.39 is 11.7 Å². The number of nitrogens with one attached hydrogen (secondary N) is 1. The van der Waals surface area contributed by atoms with Crippen molar-refractivity contribution in [2.75, 3.05) is 11.1 Å². The summed E-state index contributed by atoms with van der Waals surface area (Å²) in [4.78, 5) is 15.8. The van der Waals surface area contributed by atoms with Gasteiger partial charge in [-0.25, -0.2) is 4.39 Å². The molecule has 1 heterocycles. The molecule has 0 aliphatic rings. The van der Waals surface area contributed by atoms with Crippen molar-refractivity contribution >= 4 is 33.2 Å². The average Bonchev–Trinajstić information content (AvgIpc) is 2.35. The Morgan fingerprint density at radius 1 is 1.39 bits per heavy atom. The van der Waals surface area contributed by atoms with Crippen LogP contribution in [-0.2, 0) is 0 Å². The quantitative estimate of drug-likeness (QED) is 0.838. The standard InChI is InChI=1S/C12H9BrFN3O/c13-9-6-16-4-3-11(9)17-12(18)8-5-7(14)1-2-10(8)15/h1-6H,15H2,(H,16,17,18). The molecule has 0 aliphatic heterocycles. The third kappa shape index (κ3) is 2.65. The fourth-order valence-corrected chi connectivity index (χ4v) is 1.74. The van der Waals surface area contributed by atoms with E-state index in [0.717, 1.165) is 6.07 Å². The van der Waals surface area contributed by atoms with Crippen molar-refractivity contribution in [3.8, 4) is 0 Å². The Balaban J connectivity index is 2.28. The minimum atomic E-state index is -0.511. The molecule has 0 saturated carbocycles. The lowest BCUT2D eigenvalue weighted by atomic mass is 10.1. The average molecular weight is 310 g/mol. The normalized spacial score (nSPS) is 10.1. The van der Waals surface area contributed by atoms with Gasteiger partial charge >= 0.3 is 0 Å². The molecule has 3 N–H and O–H groups in total. The lowest BCUT2D eigenvalue weighted by Gasteiger charge is -2.08. The number of nitrogens with zero attached hydrogens (tertiary/aromatic N) is 1. The molecule has 0 bridgehead atoms. The van der Waals surface area contributed by atoms with E-state index in [4.69, 9.17) is 5.73 Å². The van der Waals surface area contributed by atoms with Crippen molar-refractivity contribution in [1.29, 1.82) is 0 Å². The summed E-state index contributed by atoms with van der Waals surface area (Å²) in [5.74, 6) is -0.984. The number of hydrogen-bond acceptors (Lipinski definition) is 3. The number of aromatic nitrogens is 1. The van der Waals surface area contributed by atoms with Gasteiger partial charge < -0.3 is 11.1 Å². The first kappa shape index (κ1) is 12.5. The monoisotopic (exact) mass is 309 g/mol. The molecule has 1 aromatic heterocycles. The Bertz CT molecular complexity index is 604. The number of nitrogen functional groups attached to an aromatic ring is 1. The van der Waals surface area contributed by atoms with E-state index in [0.29, 0.717) is 10.2 Å². The molecular formula is C12H9BrFN3O. The lowest BCUT2D eigenvalue weighted by molar-refractivity contribution is 0.102. The van der Waals surface area contributed by atoms with Crippen molar-refractivity contribution in [3.05, 3.63) is 52.5 Å². The molecule has 18 heavy (non-hydrogen) atoms. The van der Waals surface area contributed by atoms with Crippen molar-refractivity contribution in [3.63, 3.8) is 0 Å². The van der Waals surface area contributed by atoms with Gasteiger partial charge in [0, 0.05) is 18.1 Å². The summed E-state index contributed by atoms with van der Waals surface area (Å²) >= 11 is 3.25. The number of amides is 1. The van der Waals surface area contributed by atoms with Crippen LogP contribution < -0.4 is 11.1 Å². The van der Waals surface area contributed by atoms with Crippen molar-refractivity contribution in [1.82, 2.24) is 4.98 Å². The van der Waals surface area contributed by atoms with Gasteiger partial charge in [0.2, 0.25) is 0 Å². The number of rotatable bonds is 2. The number of hydrogen-bond donors (Lipinski definition) is 2.